The third-order valence-corrected chi connectivity index (χ3v) is 4.98. The van der Waals surface area contributed by atoms with E-state index >= 15 is 4.39 Å². The summed E-state index contributed by atoms with van der Waals surface area (Å²) in [4.78, 5) is 20.9. The van der Waals surface area contributed by atoms with Gasteiger partial charge in [-0.1, -0.05) is 12.1 Å². The minimum atomic E-state index is -0.496. The Morgan fingerprint density at radius 2 is 1.89 bits per heavy atom. The van der Waals surface area contributed by atoms with Gasteiger partial charge in [0.25, 0.3) is 0 Å². The molecule has 2 heterocycles. The highest BCUT2D eigenvalue weighted by Gasteiger charge is 2.23. The number of aryl methyl sites for hydroxylation is 1. The van der Waals surface area contributed by atoms with E-state index in [-0.39, 0.29) is 17.5 Å². The zero-order valence-electron chi connectivity index (χ0n) is 16.0. The van der Waals surface area contributed by atoms with Gasteiger partial charge in [0.15, 0.2) is 5.82 Å². The first kappa shape index (κ1) is 19.3. The first-order chi connectivity index (χ1) is 12.9. The Balaban J connectivity index is 1.68. The summed E-state index contributed by atoms with van der Waals surface area (Å²) in [6, 6.07) is 8.13. The molecule has 2 N–H and O–H groups in total. The van der Waals surface area contributed by atoms with Gasteiger partial charge in [-0.15, -0.1) is 0 Å². The Morgan fingerprint density at radius 3 is 2.56 bits per heavy atom. The predicted octanol–water partition coefficient (Wildman–Crippen LogP) is 3.48. The van der Waals surface area contributed by atoms with Crippen LogP contribution in [0.5, 0.6) is 0 Å². The Morgan fingerprint density at radius 1 is 1.15 bits per heavy atom. The minimum absolute atomic E-state index is 0.0511. The van der Waals surface area contributed by atoms with Crippen molar-refractivity contribution in [3.8, 4) is 0 Å². The van der Waals surface area contributed by atoms with Crippen LogP contribution in [0.2, 0.25) is 0 Å². The molecule has 6 nitrogen and oxygen atoms in total. The van der Waals surface area contributed by atoms with E-state index in [1.807, 2.05) is 13.8 Å². The molecule has 1 aliphatic heterocycles. The van der Waals surface area contributed by atoms with Crippen LogP contribution >= 0.6 is 0 Å². The van der Waals surface area contributed by atoms with Crippen molar-refractivity contribution in [3.63, 3.8) is 0 Å². The molecule has 0 bridgehead atoms. The quantitative estimate of drug-likeness (QED) is 0.864. The van der Waals surface area contributed by atoms with Gasteiger partial charge in [0.05, 0.1) is 17.6 Å². The number of anilines is 2. The Labute approximate surface area is 159 Å². The van der Waals surface area contributed by atoms with Gasteiger partial charge in [0, 0.05) is 43.5 Å². The maximum absolute atomic E-state index is 15.0. The van der Waals surface area contributed by atoms with Crippen LogP contribution in [0.4, 0.5) is 20.6 Å². The Kier molecular flexibility index (Phi) is 6.03. The largest absolute Gasteiger partial charge is 0.323 e. The molecule has 1 unspecified atom stereocenters. The molecule has 0 radical (unpaired) electrons. The minimum Gasteiger partial charge on any atom is -0.306 e. The van der Waals surface area contributed by atoms with Gasteiger partial charge in [-0.05, 0) is 39.1 Å². The molecule has 0 saturated carbocycles. The third-order valence-electron chi connectivity index (χ3n) is 4.98. The lowest BCUT2D eigenvalue weighted by Crippen LogP contribution is -2.45. The second-order valence-corrected chi connectivity index (χ2v) is 6.99. The molecule has 7 heteroatoms. The second-order valence-electron chi connectivity index (χ2n) is 6.99. The summed E-state index contributed by atoms with van der Waals surface area (Å²) in [6.45, 7) is 7.61. The number of hydrogen-bond acceptors (Lipinski definition) is 4. The van der Waals surface area contributed by atoms with Crippen molar-refractivity contribution in [2.75, 3.05) is 43.9 Å². The normalized spacial score (nSPS) is 16.7. The van der Waals surface area contributed by atoms with Gasteiger partial charge in [-0.2, -0.15) is 0 Å². The molecular weight excluding hydrogens is 345 g/mol. The molecule has 1 aliphatic rings. The SMILES string of the molecule is Cc1ccc(NC(=O)Nc2cccc(C(C)N3CCN(C)CC3)c2F)cn1. The Bertz CT molecular complexity index is 787. The first-order valence-corrected chi connectivity index (χ1v) is 9.15. The summed E-state index contributed by atoms with van der Waals surface area (Å²) in [5.41, 5.74) is 2.18. The maximum Gasteiger partial charge on any atom is 0.323 e. The van der Waals surface area contributed by atoms with Crippen LogP contribution in [0.1, 0.15) is 24.2 Å². The molecule has 0 spiro atoms. The molecule has 144 valence electrons. The number of piperazine rings is 1. The predicted molar refractivity (Wildman–Crippen MR) is 106 cm³/mol. The highest BCUT2D eigenvalue weighted by molar-refractivity contribution is 5.99. The number of nitrogens with zero attached hydrogens (tertiary/aromatic N) is 3. The number of pyridine rings is 1. The lowest BCUT2D eigenvalue weighted by atomic mass is 10.0. The molecule has 1 aromatic carbocycles. The number of benzene rings is 1. The number of hydrogen-bond donors (Lipinski definition) is 2. The molecule has 1 atom stereocenters. The Hall–Kier alpha value is -2.51. The topological polar surface area (TPSA) is 60.5 Å². The number of nitrogens with one attached hydrogen (secondary N) is 2. The van der Waals surface area contributed by atoms with Crippen molar-refractivity contribution in [2.24, 2.45) is 0 Å². The monoisotopic (exact) mass is 371 g/mol. The average molecular weight is 371 g/mol. The van der Waals surface area contributed by atoms with Crippen LogP contribution in [0.15, 0.2) is 36.5 Å². The summed E-state index contributed by atoms with van der Waals surface area (Å²) >= 11 is 0. The summed E-state index contributed by atoms with van der Waals surface area (Å²) in [7, 11) is 2.09. The van der Waals surface area contributed by atoms with E-state index < -0.39 is 6.03 Å². The molecule has 3 rings (SSSR count). The van der Waals surface area contributed by atoms with Gasteiger partial charge in [0.2, 0.25) is 0 Å². The summed E-state index contributed by atoms with van der Waals surface area (Å²) < 4.78 is 15.0. The van der Waals surface area contributed by atoms with Gasteiger partial charge in [-0.3, -0.25) is 9.88 Å². The lowest BCUT2D eigenvalue weighted by Gasteiger charge is -2.36. The zero-order chi connectivity index (χ0) is 19.4. The van der Waals surface area contributed by atoms with Crippen molar-refractivity contribution in [1.82, 2.24) is 14.8 Å². The van der Waals surface area contributed by atoms with E-state index in [9.17, 15) is 4.79 Å². The number of carbonyl (C=O) groups excluding carboxylic acids is 1. The van der Waals surface area contributed by atoms with Crippen molar-refractivity contribution in [1.29, 1.82) is 0 Å². The molecule has 0 aliphatic carbocycles. The highest BCUT2D eigenvalue weighted by Crippen LogP contribution is 2.28. The summed E-state index contributed by atoms with van der Waals surface area (Å²) in [6.07, 6.45) is 1.57. The molecule has 1 saturated heterocycles. The van der Waals surface area contributed by atoms with E-state index in [1.54, 1.807) is 36.5 Å². The van der Waals surface area contributed by atoms with E-state index in [4.69, 9.17) is 0 Å². The maximum atomic E-state index is 15.0. The smallest absolute Gasteiger partial charge is 0.306 e. The number of likely N-dealkylation sites (N-methyl/N-ethyl adjacent to an activating group) is 1. The van der Waals surface area contributed by atoms with Crippen LogP contribution < -0.4 is 10.6 Å². The van der Waals surface area contributed by atoms with Crippen molar-refractivity contribution < 1.29 is 9.18 Å². The number of carbonyl (C=O) groups is 1. The first-order valence-electron chi connectivity index (χ1n) is 9.15. The van der Waals surface area contributed by atoms with E-state index in [0.29, 0.717) is 11.3 Å². The van der Waals surface area contributed by atoms with E-state index in [1.165, 1.54) is 0 Å². The average Bonchev–Trinajstić information content (AvgIpc) is 2.65. The van der Waals surface area contributed by atoms with E-state index in [2.05, 4.69) is 32.5 Å². The number of urea groups is 1. The standard InChI is InChI=1S/C20H26FN5O/c1-14-7-8-16(13-22-14)23-20(27)24-18-6-4-5-17(19(18)21)15(2)26-11-9-25(3)10-12-26/h4-8,13,15H,9-12H2,1-3H3,(H2,23,24,27). The molecular formula is C20H26FN5O. The molecule has 1 fully saturated rings. The number of rotatable bonds is 4. The van der Waals surface area contributed by atoms with Crippen LogP contribution in [0.25, 0.3) is 0 Å². The fraction of sp³-hybridized carbons (Fsp3) is 0.400. The summed E-state index contributed by atoms with van der Waals surface area (Å²) in [5, 5.41) is 5.27. The van der Waals surface area contributed by atoms with E-state index in [0.717, 1.165) is 31.9 Å². The van der Waals surface area contributed by atoms with Crippen molar-refractivity contribution in [3.05, 3.63) is 53.6 Å². The van der Waals surface area contributed by atoms with Crippen molar-refractivity contribution in [2.45, 2.75) is 19.9 Å². The summed E-state index contributed by atoms with van der Waals surface area (Å²) in [5.74, 6) is -0.388. The number of aromatic nitrogens is 1. The van der Waals surface area contributed by atoms with Gasteiger partial charge in [0.1, 0.15) is 0 Å². The number of amides is 2. The highest BCUT2D eigenvalue weighted by atomic mass is 19.1. The van der Waals surface area contributed by atoms with Crippen LogP contribution in [-0.4, -0.2) is 54.0 Å². The fourth-order valence-electron chi connectivity index (χ4n) is 3.20. The van der Waals surface area contributed by atoms with Crippen molar-refractivity contribution >= 4 is 17.4 Å². The van der Waals surface area contributed by atoms with Crippen LogP contribution in [0, 0.1) is 12.7 Å². The number of halogens is 1. The van der Waals surface area contributed by atoms with Crippen LogP contribution in [-0.2, 0) is 0 Å². The third kappa shape index (κ3) is 4.81. The molecule has 27 heavy (non-hydrogen) atoms. The zero-order valence-corrected chi connectivity index (χ0v) is 16.0. The fourth-order valence-corrected chi connectivity index (χ4v) is 3.20. The molecule has 2 aromatic rings. The van der Waals surface area contributed by atoms with Crippen LogP contribution in [0.3, 0.4) is 0 Å². The second kappa shape index (κ2) is 8.45. The lowest BCUT2D eigenvalue weighted by molar-refractivity contribution is 0.117. The van der Waals surface area contributed by atoms with Gasteiger partial charge >= 0.3 is 6.03 Å². The molecule has 1 aromatic heterocycles. The van der Waals surface area contributed by atoms with Gasteiger partial charge < -0.3 is 15.5 Å². The van der Waals surface area contributed by atoms with Gasteiger partial charge in [-0.25, -0.2) is 9.18 Å². The molecule has 2 amide bonds.